The van der Waals surface area contributed by atoms with Crippen LogP contribution in [0.2, 0.25) is 5.02 Å². The van der Waals surface area contributed by atoms with Crippen LogP contribution in [0.15, 0.2) is 18.2 Å². The van der Waals surface area contributed by atoms with Gasteiger partial charge in [-0.25, -0.2) is 4.39 Å². The van der Waals surface area contributed by atoms with Gasteiger partial charge in [-0.1, -0.05) is 30.5 Å². The Kier molecular flexibility index (Phi) is 7.72. The maximum Gasteiger partial charge on any atom is 0.129 e. The molecule has 1 aromatic carbocycles. The second kappa shape index (κ2) is 8.54. The fraction of sp³-hybridized carbons (Fsp3) is 0.600. The summed E-state index contributed by atoms with van der Waals surface area (Å²) in [6, 6.07) is 5.17. The number of benzene rings is 1. The summed E-state index contributed by atoms with van der Waals surface area (Å²) in [7, 11) is 0. The summed E-state index contributed by atoms with van der Waals surface area (Å²) in [5.74, 6) is 0.604. The lowest BCUT2D eigenvalue weighted by molar-refractivity contribution is 0.157. The Bertz CT molecular complexity index is 428. The summed E-state index contributed by atoms with van der Waals surface area (Å²) in [5.41, 5.74) is 0.706. The van der Waals surface area contributed by atoms with E-state index in [9.17, 15) is 4.39 Å². The lowest BCUT2D eigenvalue weighted by atomic mass is 9.98. The van der Waals surface area contributed by atoms with Crippen LogP contribution in [0.4, 0.5) is 4.39 Å². The number of nitrogens with one attached hydrogen (secondary N) is 1. The molecule has 0 spiro atoms. The lowest BCUT2D eigenvalue weighted by Crippen LogP contribution is -2.45. The van der Waals surface area contributed by atoms with E-state index in [0.29, 0.717) is 10.6 Å². The third-order valence-electron chi connectivity index (χ3n) is 4.18. The van der Waals surface area contributed by atoms with E-state index >= 15 is 0 Å². The Morgan fingerprint density at radius 1 is 1.24 bits per heavy atom. The highest BCUT2D eigenvalue weighted by Crippen LogP contribution is 2.42. The van der Waals surface area contributed by atoms with Crippen molar-refractivity contribution in [3.8, 4) is 0 Å². The third kappa shape index (κ3) is 4.70. The van der Waals surface area contributed by atoms with Crippen molar-refractivity contribution in [1.82, 2.24) is 10.2 Å². The summed E-state index contributed by atoms with van der Waals surface area (Å²) in [6.45, 7) is 3.91. The molecule has 1 N–H and O–H groups in total. The topological polar surface area (TPSA) is 15.3 Å². The smallest absolute Gasteiger partial charge is 0.129 e. The van der Waals surface area contributed by atoms with E-state index in [-0.39, 0.29) is 36.7 Å². The van der Waals surface area contributed by atoms with E-state index in [1.54, 1.807) is 6.07 Å². The molecule has 1 aromatic rings. The van der Waals surface area contributed by atoms with Crippen LogP contribution in [0.1, 0.15) is 30.9 Å². The molecular formula is C15H22Cl3FN2. The molecule has 1 atom stereocenters. The molecule has 6 heteroatoms. The van der Waals surface area contributed by atoms with Crippen molar-refractivity contribution in [2.75, 3.05) is 26.2 Å². The zero-order valence-electron chi connectivity index (χ0n) is 11.9. The maximum atomic E-state index is 14.2. The first-order valence-electron chi connectivity index (χ1n) is 7.14. The van der Waals surface area contributed by atoms with Crippen LogP contribution >= 0.6 is 36.4 Å². The zero-order valence-corrected chi connectivity index (χ0v) is 14.2. The molecular weight excluding hydrogens is 334 g/mol. The highest BCUT2D eigenvalue weighted by molar-refractivity contribution is 6.31. The number of rotatable bonds is 4. The van der Waals surface area contributed by atoms with Crippen LogP contribution in [-0.4, -0.2) is 31.1 Å². The highest BCUT2D eigenvalue weighted by Gasteiger charge is 2.32. The second-order valence-corrected chi connectivity index (χ2v) is 6.02. The Balaban J connectivity index is 0.00000110. The van der Waals surface area contributed by atoms with Crippen LogP contribution < -0.4 is 5.32 Å². The van der Waals surface area contributed by atoms with Crippen molar-refractivity contribution in [2.24, 2.45) is 5.92 Å². The van der Waals surface area contributed by atoms with Crippen molar-refractivity contribution >= 4 is 36.4 Å². The van der Waals surface area contributed by atoms with Gasteiger partial charge in [0.2, 0.25) is 0 Å². The predicted octanol–water partition coefficient (Wildman–Crippen LogP) is 4.07. The molecule has 1 aliphatic heterocycles. The molecule has 0 radical (unpaired) electrons. The number of hydrogen-bond donors (Lipinski definition) is 1. The summed E-state index contributed by atoms with van der Waals surface area (Å²) >= 11 is 6.27. The van der Waals surface area contributed by atoms with E-state index in [0.717, 1.165) is 38.5 Å². The molecule has 2 nitrogen and oxygen atoms in total. The van der Waals surface area contributed by atoms with Crippen LogP contribution in [0.3, 0.4) is 0 Å². The number of hydrogen-bond acceptors (Lipinski definition) is 2. The minimum atomic E-state index is -0.156. The Labute approximate surface area is 143 Å². The molecule has 120 valence electrons. The summed E-state index contributed by atoms with van der Waals surface area (Å²) in [6.07, 6.45) is 3.62. The molecule has 1 saturated carbocycles. The molecule has 3 rings (SSSR count). The Morgan fingerprint density at radius 2 is 1.90 bits per heavy atom. The maximum absolute atomic E-state index is 14.2. The van der Waals surface area contributed by atoms with Gasteiger partial charge in [0.25, 0.3) is 0 Å². The van der Waals surface area contributed by atoms with Crippen molar-refractivity contribution in [1.29, 1.82) is 0 Å². The Morgan fingerprint density at radius 3 is 2.48 bits per heavy atom. The molecule has 0 aromatic heterocycles. The first-order valence-corrected chi connectivity index (χ1v) is 7.52. The van der Waals surface area contributed by atoms with E-state index in [2.05, 4.69) is 10.2 Å². The van der Waals surface area contributed by atoms with Gasteiger partial charge >= 0.3 is 0 Å². The van der Waals surface area contributed by atoms with Crippen LogP contribution in [-0.2, 0) is 0 Å². The van der Waals surface area contributed by atoms with Gasteiger partial charge in [-0.3, -0.25) is 4.90 Å². The molecule has 21 heavy (non-hydrogen) atoms. The minimum Gasteiger partial charge on any atom is -0.314 e. The number of piperazine rings is 1. The monoisotopic (exact) mass is 354 g/mol. The Hall–Kier alpha value is -0.0600. The fourth-order valence-electron chi connectivity index (χ4n) is 2.94. The first-order chi connectivity index (χ1) is 9.25. The molecule has 0 unspecified atom stereocenters. The molecule has 1 aliphatic carbocycles. The van der Waals surface area contributed by atoms with Crippen molar-refractivity contribution in [2.45, 2.75) is 25.3 Å². The summed E-state index contributed by atoms with van der Waals surface area (Å²) in [5, 5.41) is 3.92. The zero-order chi connectivity index (χ0) is 13.2. The second-order valence-electron chi connectivity index (χ2n) is 5.62. The molecule has 0 bridgehead atoms. The van der Waals surface area contributed by atoms with Gasteiger partial charge in [-0.2, -0.15) is 0 Å². The average Bonchev–Trinajstić information content (AvgIpc) is 3.22. The van der Waals surface area contributed by atoms with Crippen LogP contribution in [0.5, 0.6) is 0 Å². The van der Waals surface area contributed by atoms with Gasteiger partial charge in [0, 0.05) is 42.8 Å². The average molecular weight is 356 g/mol. The van der Waals surface area contributed by atoms with Crippen molar-refractivity contribution in [3.05, 3.63) is 34.6 Å². The number of halogens is 4. The number of nitrogens with zero attached hydrogens (tertiary/aromatic N) is 1. The SMILES string of the molecule is Cl.Cl.Fc1cccc(Cl)c1[C@H](CC1CC1)N1CCNCC1. The normalized spacial score (nSPS) is 20.3. The van der Waals surface area contributed by atoms with E-state index in [1.165, 1.54) is 18.9 Å². The van der Waals surface area contributed by atoms with E-state index in [4.69, 9.17) is 11.6 Å². The largest absolute Gasteiger partial charge is 0.314 e. The molecule has 1 heterocycles. The molecule has 2 fully saturated rings. The van der Waals surface area contributed by atoms with Crippen LogP contribution in [0, 0.1) is 11.7 Å². The third-order valence-corrected chi connectivity index (χ3v) is 4.51. The quantitative estimate of drug-likeness (QED) is 0.876. The summed E-state index contributed by atoms with van der Waals surface area (Å²) in [4.78, 5) is 2.39. The molecule has 2 aliphatic rings. The fourth-order valence-corrected chi connectivity index (χ4v) is 3.23. The van der Waals surface area contributed by atoms with Crippen molar-refractivity contribution < 1.29 is 4.39 Å². The van der Waals surface area contributed by atoms with Gasteiger partial charge in [0.1, 0.15) is 5.82 Å². The molecule has 0 amide bonds. The summed E-state index contributed by atoms with van der Waals surface area (Å²) < 4.78 is 14.2. The van der Waals surface area contributed by atoms with Gasteiger partial charge in [-0.05, 0) is 24.5 Å². The lowest BCUT2D eigenvalue weighted by Gasteiger charge is -2.36. The minimum absolute atomic E-state index is 0. The van der Waals surface area contributed by atoms with Crippen molar-refractivity contribution in [3.63, 3.8) is 0 Å². The molecule has 1 saturated heterocycles. The van der Waals surface area contributed by atoms with Gasteiger partial charge < -0.3 is 5.32 Å². The predicted molar refractivity (Wildman–Crippen MR) is 90.4 cm³/mol. The van der Waals surface area contributed by atoms with Gasteiger partial charge in [0.15, 0.2) is 0 Å². The van der Waals surface area contributed by atoms with E-state index < -0.39 is 0 Å². The van der Waals surface area contributed by atoms with E-state index in [1.807, 2.05) is 6.07 Å². The standard InChI is InChI=1S/C15H20ClFN2.2ClH/c16-12-2-1-3-13(17)15(12)14(10-11-4-5-11)19-8-6-18-7-9-19;;/h1-3,11,14,18H,4-10H2;2*1H/t14-;;/m0../s1. The first kappa shape index (κ1) is 19.0. The van der Waals surface area contributed by atoms with Crippen LogP contribution in [0.25, 0.3) is 0 Å². The van der Waals surface area contributed by atoms with Gasteiger partial charge in [0.05, 0.1) is 0 Å². The van der Waals surface area contributed by atoms with Gasteiger partial charge in [-0.15, -0.1) is 24.8 Å². The highest BCUT2D eigenvalue weighted by atomic mass is 35.5.